The van der Waals surface area contributed by atoms with Crippen molar-refractivity contribution in [2.75, 3.05) is 25.1 Å². The third-order valence-corrected chi connectivity index (χ3v) is 2.68. The van der Waals surface area contributed by atoms with E-state index < -0.39 is 0 Å². The van der Waals surface area contributed by atoms with Gasteiger partial charge in [0.05, 0.1) is 13.2 Å². The number of hydrogen-bond acceptors (Lipinski definition) is 4. The molecule has 4 heteroatoms. The molecule has 2 fully saturated rings. The lowest BCUT2D eigenvalue weighted by Crippen LogP contribution is -2.17. The molecule has 2 saturated heterocycles. The zero-order chi connectivity index (χ0) is 11.0. The van der Waals surface area contributed by atoms with E-state index in [0.29, 0.717) is 12.7 Å². The highest BCUT2D eigenvalue weighted by Crippen LogP contribution is 2.28. The van der Waals surface area contributed by atoms with E-state index >= 15 is 0 Å². The molecule has 16 heavy (non-hydrogen) atoms. The van der Waals surface area contributed by atoms with Gasteiger partial charge in [0.15, 0.2) is 5.72 Å². The van der Waals surface area contributed by atoms with Crippen molar-refractivity contribution in [3.8, 4) is 5.75 Å². The first-order chi connectivity index (χ1) is 7.73. The van der Waals surface area contributed by atoms with Crippen LogP contribution in [0.4, 0.5) is 5.69 Å². The summed E-state index contributed by atoms with van der Waals surface area (Å²) in [4.78, 5) is 0. The van der Waals surface area contributed by atoms with Gasteiger partial charge in [0.1, 0.15) is 18.5 Å². The van der Waals surface area contributed by atoms with Crippen molar-refractivity contribution in [3.63, 3.8) is 0 Å². The van der Waals surface area contributed by atoms with Gasteiger partial charge in [-0.05, 0) is 31.2 Å². The summed E-state index contributed by atoms with van der Waals surface area (Å²) in [5, 5.41) is 3.29. The Kier molecular flexibility index (Phi) is 2.26. The largest absolute Gasteiger partial charge is 0.491 e. The topological polar surface area (TPSA) is 46.3 Å². The van der Waals surface area contributed by atoms with Crippen LogP contribution < -0.4 is 10.1 Å². The minimum Gasteiger partial charge on any atom is -0.491 e. The van der Waals surface area contributed by atoms with Crippen LogP contribution in [0, 0.1) is 0 Å². The molecule has 2 atom stereocenters. The van der Waals surface area contributed by atoms with Gasteiger partial charge in [-0.1, -0.05) is 0 Å². The Hall–Kier alpha value is -1.26. The van der Waals surface area contributed by atoms with Gasteiger partial charge in [-0.25, -0.2) is 0 Å². The molecular weight excluding hydrogens is 206 g/mol. The predicted octanol–water partition coefficient (Wildman–Crippen LogP) is 1.62. The standard InChI is InChI=1S/C12H15NO3/c1-12(8-16-12)13-9-2-4-10(5-3-9)14-6-11-7-15-11/h2-5,11,13H,6-8H2,1H3. The Labute approximate surface area is 94.5 Å². The van der Waals surface area contributed by atoms with Gasteiger partial charge in [-0.2, -0.15) is 0 Å². The molecule has 0 amide bonds. The van der Waals surface area contributed by atoms with E-state index in [0.717, 1.165) is 24.7 Å². The number of hydrogen-bond donors (Lipinski definition) is 1. The number of epoxide rings is 2. The van der Waals surface area contributed by atoms with Crippen LogP contribution in [-0.4, -0.2) is 31.6 Å². The highest BCUT2D eigenvalue weighted by molar-refractivity contribution is 5.48. The second kappa shape index (κ2) is 3.64. The van der Waals surface area contributed by atoms with Crippen LogP contribution in [0.5, 0.6) is 5.75 Å². The van der Waals surface area contributed by atoms with Crippen molar-refractivity contribution in [1.29, 1.82) is 0 Å². The molecule has 4 nitrogen and oxygen atoms in total. The predicted molar refractivity (Wildman–Crippen MR) is 59.7 cm³/mol. The summed E-state index contributed by atoms with van der Waals surface area (Å²) >= 11 is 0. The quantitative estimate of drug-likeness (QED) is 0.767. The van der Waals surface area contributed by atoms with Crippen LogP contribution in [0.15, 0.2) is 24.3 Å². The summed E-state index contributed by atoms with van der Waals surface area (Å²) in [6.07, 6.45) is 0.302. The summed E-state index contributed by atoms with van der Waals surface area (Å²) in [6.45, 7) is 4.27. The first-order valence-electron chi connectivity index (χ1n) is 5.50. The zero-order valence-corrected chi connectivity index (χ0v) is 9.23. The molecule has 3 rings (SSSR count). The van der Waals surface area contributed by atoms with Crippen molar-refractivity contribution in [3.05, 3.63) is 24.3 Å². The Balaban J connectivity index is 1.55. The number of ether oxygens (including phenoxy) is 3. The Morgan fingerprint density at radius 2 is 2.12 bits per heavy atom. The molecule has 0 aliphatic carbocycles. The third kappa shape index (κ3) is 2.46. The summed E-state index contributed by atoms with van der Waals surface area (Å²) in [5.41, 5.74) is 0.888. The second-order valence-corrected chi connectivity index (χ2v) is 4.44. The fourth-order valence-corrected chi connectivity index (χ4v) is 1.47. The molecule has 0 aromatic heterocycles. The van der Waals surface area contributed by atoms with E-state index in [1.165, 1.54) is 0 Å². The van der Waals surface area contributed by atoms with Gasteiger partial charge in [0.25, 0.3) is 0 Å². The molecule has 86 valence electrons. The van der Waals surface area contributed by atoms with Crippen molar-refractivity contribution < 1.29 is 14.2 Å². The molecule has 0 spiro atoms. The monoisotopic (exact) mass is 221 g/mol. The van der Waals surface area contributed by atoms with Gasteiger partial charge in [-0.15, -0.1) is 0 Å². The lowest BCUT2D eigenvalue weighted by Gasteiger charge is -2.10. The average Bonchev–Trinajstić information content (AvgIpc) is 3.16. The molecule has 0 radical (unpaired) electrons. The van der Waals surface area contributed by atoms with E-state index in [1.54, 1.807) is 0 Å². The molecule has 2 heterocycles. The normalized spacial score (nSPS) is 30.9. The molecule has 2 aliphatic heterocycles. The molecule has 2 aliphatic rings. The number of nitrogens with one attached hydrogen (secondary N) is 1. The Bertz CT molecular complexity index is 368. The van der Waals surface area contributed by atoms with Crippen molar-refractivity contribution in [2.45, 2.75) is 18.8 Å². The summed E-state index contributed by atoms with van der Waals surface area (Å²) in [7, 11) is 0. The second-order valence-electron chi connectivity index (χ2n) is 4.44. The fraction of sp³-hybridized carbons (Fsp3) is 0.500. The van der Waals surface area contributed by atoms with Crippen molar-refractivity contribution in [2.24, 2.45) is 0 Å². The van der Waals surface area contributed by atoms with E-state index in [2.05, 4.69) is 5.32 Å². The van der Waals surface area contributed by atoms with Crippen molar-refractivity contribution in [1.82, 2.24) is 0 Å². The minimum absolute atomic E-state index is 0.162. The lowest BCUT2D eigenvalue weighted by atomic mass is 10.2. The molecular formula is C12H15NO3. The van der Waals surface area contributed by atoms with Gasteiger partial charge in [0.2, 0.25) is 0 Å². The van der Waals surface area contributed by atoms with E-state index in [4.69, 9.17) is 14.2 Å². The van der Waals surface area contributed by atoms with Crippen LogP contribution in [0.25, 0.3) is 0 Å². The van der Waals surface area contributed by atoms with Gasteiger partial charge >= 0.3 is 0 Å². The van der Waals surface area contributed by atoms with Crippen LogP contribution in [0.2, 0.25) is 0 Å². The summed E-state index contributed by atoms with van der Waals surface area (Å²) < 4.78 is 15.9. The van der Waals surface area contributed by atoms with Crippen LogP contribution in [0.1, 0.15) is 6.92 Å². The molecule has 1 aromatic rings. The molecule has 1 N–H and O–H groups in total. The minimum atomic E-state index is -0.162. The first-order valence-corrected chi connectivity index (χ1v) is 5.50. The summed E-state index contributed by atoms with van der Waals surface area (Å²) in [5.74, 6) is 0.878. The average molecular weight is 221 g/mol. The molecule has 0 bridgehead atoms. The molecule has 2 unspecified atom stereocenters. The van der Waals surface area contributed by atoms with Crippen molar-refractivity contribution >= 4 is 5.69 Å². The highest BCUT2D eigenvalue weighted by Gasteiger charge is 2.39. The smallest absolute Gasteiger partial charge is 0.159 e. The SMILES string of the molecule is CC1(Nc2ccc(OCC3CO3)cc2)CO1. The van der Waals surface area contributed by atoms with Crippen LogP contribution >= 0.6 is 0 Å². The highest BCUT2D eigenvalue weighted by atomic mass is 16.6. The number of benzene rings is 1. The Morgan fingerprint density at radius 1 is 1.44 bits per heavy atom. The maximum atomic E-state index is 5.55. The molecule has 1 aromatic carbocycles. The fourth-order valence-electron chi connectivity index (χ4n) is 1.47. The molecule has 0 saturated carbocycles. The van der Waals surface area contributed by atoms with E-state index in [9.17, 15) is 0 Å². The van der Waals surface area contributed by atoms with E-state index in [-0.39, 0.29) is 5.72 Å². The van der Waals surface area contributed by atoms with Gasteiger partial charge in [-0.3, -0.25) is 0 Å². The van der Waals surface area contributed by atoms with E-state index in [1.807, 2.05) is 31.2 Å². The number of anilines is 1. The first kappa shape index (κ1) is 9.93. The lowest BCUT2D eigenvalue weighted by molar-refractivity contribution is 0.263. The Morgan fingerprint density at radius 3 is 2.69 bits per heavy atom. The van der Waals surface area contributed by atoms with Crippen LogP contribution in [0.3, 0.4) is 0 Å². The third-order valence-electron chi connectivity index (χ3n) is 2.68. The zero-order valence-electron chi connectivity index (χ0n) is 9.23. The maximum absolute atomic E-state index is 5.55. The van der Waals surface area contributed by atoms with Gasteiger partial charge < -0.3 is 19.5 Å². The number of rotatable bonds is 5. The summed E-state index contributed by atoms with van der Waals surface area (Å²) in [6, 6.07) is 7.90. The van der Waals surface area contributed by atoms with Crippen LogP contribution in [-0.2, 0) is 9.47 Å². The van der Waals surface area contributed by atoms with Gasteiger partial charge in [0, 0.05) is 5.69 Å². The maximum Gasteiger partial charge on any atom is 0.159 e.